The number of rotatable bonds is 5. The first-order valence-electron chi connectivity index (χ1n) is 10.8. The minimum absolute atomic E-state index is 0.0925. The molecule has 1 amide bonds. The topological polar surface area (TPSA) is 44.8 Å². The number of morpholine rings is 1. The molecule has 2 saturated heterocycles. The van der Waals surface area contributed by atoms with Gasteiger partial charge in [-0.15, -0.1) is 0 Å². The Morgan fingerprint density at radius 1 is 1.18 bits per heavy atom. The minimum atomic E-state index is -0.0925. The van der Waals surface area contributed by atoms with E-state index < -0.39 is 0 Å². The van der Waals surface area contributed by atoms with Gasteiger partial charge in [-0.3, -0.25) is 14.6 Å². The smallest absolute Gasteiger partial charge is 0.241 e. The highest BCUT2D eigenvalue weighted by atomic mass is 16.5. The molecule has 0 bridgehead atoms. The number of anilines is 1. The van der Waals surface area contributed by atoms with Gasteiger partial charge in [0.25, 0.3) is 0 Å². The largest absolute Gasteiger partial charge is 0.373 e. The number of hydrogen-bond donors (Lipinski definition) is 1. The lowest BCUT2D eigenvalue weighted by Crippen LogP contribution is -2.50. The van der Waals surface area contributed by atoms with Crippen LogP contribution in [0.25, 0.3) is 0 Å². The third-order valence-electron chi connectivity index (χ3n) is 6.23. The molecule has 5 heteroatoms. The summed E-state index contributed by atoms with van der Waals surface area (Å²) in [5, 5.41) is 3.12. The first-order chi connectivity index (χ1) is 13.3. The van der Waals surface area contributed by atoms with E-state index in [1.54, 1.807) is 0 Å². The lowest BCUT2D eigenvalue weighted by molar-refractivity contribution is -0.121. The normalized spacial score (nSPS) is 26.2. The molecule has 2 fully saturated rings. The van der Waals surface area contributed by atoms with Crippen molar-refractivity contribution in [3.8, 4) is 0 Å². The van der Waals surface area contributed by atoms with E-state index >= 15 is 0 Å². The van der Waals surface area contributed by atoms with Crippen LogP contribution in [0.5, 0.6) is 0 Å². The molecule has 2 heterocycles. The summed E-state index contributed by atoms with van der Waals surface area (Å²) in [4.78, 5) is 17.6. The maximum Gasteiger partial charge on any atom is 0.241 e. The van der Waals surface area contributed by atoms with Crippen LogP contribution in [0.4, 0.5) is 5.69 Å². The van der Waals surface area contributed by atoms with Crippen LogP contribution in [-0.2, 0) is 9.53 Å². The lowest BCUT2D eigenvalue weighted by Gasteiger charge is -2.40. The average molecular weight is 388 g/mol. The van der Waals surface area contributed by atoms with E-state index in [4.69, 9.17) is 4.74 Å². The fraction of sp³-hybridized carbons (Fsp3) is 0.696. The first-order valence-corrected chi connectivity index (χ1v) is 10.8. The SMILES string of the molecule is Cc1ccc(NC(=O)C(C)N2CCC(CN3CC(C)OC(C)C3)CC2)c(C)c1. The van der Waals surface area contributed by atoms with E-state index in [0.29, 0.717) is 12.2 Å². The van der Waals surface area contributed by atoms with Crippen LogP contribution in [0.3, 0.4) is 0 Å². The second-order valence-electron chi connectivity index (χ2n) is 8.94. The maximum atomic E-state index is 12.7. The Morgan fingerprint density at radius 2 is 1.82 bits per heavy atom. The van der Waals surface area contributed by atoms with Gasteiger partial charge in [-0.25, -0.2) is 0 Å². The second-order valence-corrected chi connectivity index (χ2v) is 8.94. The number of nitrogens with zero attached hydrogens (tertiary/aromatic N) is 2. The van der Waals surface area contributed by atoms with Crippen molar-refractivity contribution in [3.63, 3.8) is 0 Å². The van der Waals surface area contributed by atoms with Crippen molar-refractivity contribution in [3.05, 3.63) is 29.3 Å². The second kappa shape index (κ2) is 9.38. The summed E-state index contributed by atoms with van der Waals surface area (Å²) < 4.78 is 5.85. The van der Waals surface area contributed by atoms with Gasteiger partial charge in [-0.1, -0.05) is 17.7 Å². The number of nitrogens with one attached hydrogen (secondary N) is 1. The van der Waals surface area contributed by atoms with Crippen LogP contribution >= 0.6 is 0 Å². The van der Waals surface area contributed by atoms with Gasteiger partial charge in [0, 0.05) is 25.3 Å². The molecule has 1 aromatic rings. The van der Waals surface area contributed by atoms with Crippen molar-refractivity contribution in [2.24, 2.45) is 5.92 Å². The van der Waals surface area contributed by atoms with E-state index in [2.05, 4.69) is 42.0 Å². The molecule has 2 aliphatic heterocycles. The standard InChI is InChI=1S/C23H37N3O2/c1-16-6-7-22(17(2)12-16)24-23(27)20(5)26-10-8-21(9-11-26)15-25-13-18(3)28-19(4)14-25/h6-7,12,18-21H,8-11,13-15H2,1-5H3,(H,24,27). The molecule has 1 N–H and O–H groups in total. The number of carbonyl (C=O) groups excluding carboxylic acids is 1. The van der Waals surface area contributed by atoms with E-state index in [1.165, 1.54) is 18.4 Å². The van der Waals surface area contributed by atoms with Gasteiger partial charge in [-0.2, -0.15) is 0 Å². The van der Waals surface area contributed by atoms with Crippen molar-refractivity contribution in [1.82, 2.24) is 9.80 Å². The van der Waals surface area contributed by atoms with Crippen LogP contribution in [0.1, 0.15) is 44.7 Å². The van der Waals surface area contributed by atoms with Crippen LogP contribution in [-0.4, -0.2) is 66.7 Å². The highest BCUT2D eigenvalue weighted by Gasteiger charge is 2.29. The zero-order valence-electron chi connectivity index (χ0n) is 18.2. The predicted molar refractivity (Wildman–Crippen MR) is 115 cm³/mol. The number of ether oxygens (including phenoxy) is 1. The van der Waals surface area contributed by atoms with Gasteiger partial charge in [0.2, 0.25) is 5.91 Å². The molecular formula is C23H37N3O2. The highest BCUT2D eigenvalue weighted by Crippen LogP contribution is 2.23. The van der Waals surface area contributed by atoms with Crippen molar-refractivity contribution in [1.29, 1.82) is 0 Å². The average Bonchev–Trinajstić information content (AvgIpc) is 2.63. The molecule has 2 aliphatic rings. The number of hydrogen-bond acceptors (Lipinski definition) is 4. The molecule has 3 rings (SSSR count). The number of carbonyl (C=O) groups is 1. The Hall–Kier alpha value is -1.43. The summed E-state index contributed by atoms with van der Waals surface area (Å²) in [5.74, 6) is 0.824. The number of amides is 1. The number of benzene rings is 1. The Morgan fingerprint density at radius 3 is 2.43 bits per heavy atom. The predicted octanol–water partition coefficient (Wildman–Crippen LogP) is 3.45. The minimum Gasteiger partial charge on any atom is -0.373 e. The Labute approximate surface area is 170 Å². The maximum absolute atomic E-state index is 12.7. The first kappa shape index (κ1) is 21.3. The quantitative estimate of drug-likeness (QED) is 0.840. The summed E-state index contributed by atoms with van der Waals surface area (Å²) in [7, 11) is 0. The summed E-state index contributed by atoms with van der Waals surface area (Å²) >= 11 is 0. The molecule has 3 atom stereocenters. The molecule has 3 unspecified atom stereocenters. The van der Waals surface area contributed by atoms with E-state index in [0.717, 1.165) is 49.9 Å². The van der Waals surface area contributed by atoms with Gasteiger partial charge >= 0.3 is 0 Å². The number of piperidine rings is 1. The third kappa shape index (κ3) is 5.56. The fourth-order valence-electron chi connectivity index (χ4n) is 4.68. The Bertz CT molecular complexity index is 660. The van der Waals surface area contributed by atoms with Crippen molar-refractivity contribution >= 4 is 11.6 Å². The molecule has 0 saturated carbocycles. The fourth-order valence-corrected chi connectivity index (χ4v) is 4.68. The highest BCUT2D eigenvalue weighted by molar-refractivity contribution is 5.95. The van der Waals surface area contributed by atoms with Gasteiger partial charge in [0.15, 0.2) is 0 Å². The molecular weight excluding hydrogens is 350 g/mol. The molecule has 156 valence electrons. The van der Waals surface area contributed by atoms with E-state index in [9.17, 15) is 4.79 Å². The zero-order valence-corrected chi connectivity index (χ0v) is 18.2. The number of aryl methyl sites for hydroxylation is 2. The molecule has 5 nitrogen and oxygen atoms in total. The van der Waals surface area contributed by atoms with Gasteiger partial charge in [0.05, 0.1) is 18.2 Å². The van der Waals surface area contributed by atoms with Crippen LogP contribution < -0.4 is 5.32 Å². The van der Waals surface area contributed by atoms with E-state index in [1.807, 2.05) is 26.0 Å². The number of likely N-dealkylation sites (tertiary alicyclic amines) is 1. The molecule has 0 radical (unpaired) electrons. The van der Waals surface area contributed by atoms with Crippen molar-refractivity contribution in [2.75, 3.05) is 38.0 Å². The summed E-state index contributed by atoms with van der Waals surface area (Å²) in [6.45, 7) is 15.7. The third-order valence-corrected chi connectivity index (χ3v) is 6.23. The van der Waals surface area contributed by atoms with E-state index in [-0.39, 0.29) is 11.9 Å². The molecule has 0 aromatic heterocycles. The lowest BCUT2D eigenvalue weighted by atomic mass is 9.94. The molecule has 1 aromatic carbocycles. The van der Waals surface area contributed by atoms with Crippen LogP contribution in [0.2, 0.25) is 0 Å². The van der Waals surface area contributed by atoms with Gasteiger partial charge in [-0.05, 0) is 78.1 Å². The zero-order chi connectivity index (χ0) is 20.3. The molecule has 28 heavy (non-hydrogen) atoms. The monoisotopic (exact) mass is 387 g/mol. The molecule has 0 aliphatic carbocycles. The van der Waals surface area contributed by atoms with Crippen LogP contribution in [0, 0.1) is 19.8 Å². The van der Waals surface area contributed by atoms with Crippen molar-refractivity contribution in [2.45, 2.75) is 65.7 Å². The Kier molecular flexibility index (Phi) is 7.13. The molecule has 0 spiro atoms. The van der Waals surface area contributed by atoms with Crippen LogP contribution in [0.15, 0.2) is 18.2 Å². The van der Waals surface area contributed by atoms with Gasteiger partial charge in [0.1, 0.15) is 0 Å². The summed E-state index contributed by atoms with van der Waals surface area (Å²) in [6, 6.07) is 6.07. The Balaban J connectivity index is 1.46. The summed E-state index contributed by atoms with van der Waals surface area (Å²) in [5.41, 5.74) is 3.26. The summed E-state index contributed by atoms with van der Waals surface area (Å²) in [6.07, 6.45) is 3.00. The van der Waals surface area contributed by atoms with Gasteiger partial charge < -0.3 is 10.1 Å². The van der Waals surface area contributed by atoms with Crippen molar-refractivity contribution < 1.29 is 9.53 Å².